The minimum Gasteiger partial charge on any atom is -0.462 e. The van der Waals surface area contributed by atoms with Gasteiger partial charge in [0.2, 0.25) is 0 Å². The van der Waals surface area contributed by atoms with Gasteiger partial charge in [-0.2, -0.15) is 0 Å². The molecule has 2 nitrogen and oxygen atoms in total. The Morgan fingerprint density at radius 2 is 1.86 bits per heavy atom. The smallest absolute Gasteiger partial charge is 0.333 e. The third kappa shape index (κ3) is 6.70. The van der Waals surface area contributed by atoms with Crippen molar-refractivity contribution in [2.45, 2.75) is 52.9 Å². The van der Waals surface area contributed by atoms with E-state index in [2.05, 4.69) is 6.92 Å². The number of rotatable bonds is 7. The van der Waals surface area contributed by atoms with E-state index in [4.69, 9.17) is 4.74 Å². The second-order valence-corrected chi connectivity index (χ2v) is 3.52. The highest BCUT2D eigenvalue weighted by molar-refractivity contribution is 5.87. The summed E-state index contributed by atoms with van der Waals surface area (Å²) in [6.45, 7) is 6.38. The number of esters is 1. The van der Waals surface area contributed by atoms with Crippen LogP contribution in [0.25, 0.3) is 0 Å². The van der Waals surface area contributed by atoms with Crippen molar-refractivity contribution in [3.63, 3.8) is 0 Å². The Balaban J connectivity index is 3.32. The fraction of sp³-hybridized carbons (Fsp3) is 0.750. The first-order valence-electron chi connectivity index (χ1n) is 5.52. The van der Waals surface area contributed by atoms with Gasteiger partial charge in [0.1, 0.15) is 0 Å². The van der Waals surface area contributed by atoms with Crippen LogP contribution >= 0.6 is 0 Å². The number of hydrogen-bond acceptors (Lipinski definition) is 2. The Morgan fingerprint density at radius 3 is 2.43 bits per heavy atom. The van der Waals surface area contributed by atoms with Crippen LogP contribution in [0, 0.1) is 0 Å². The number of carbonyl (C=O) groups excluding carboxylic acids is 1. The van der Waals surface area contributed by atoms with Gasteiger partial charge in [0.05, 0.1) is 6.61 Å². The molecule has 0 fully saturated rings. The van der Waals surface area contributed by atoms with Crippen LogP contribution in [0.3, 0.4) is 0 Å². The van der Waals surface area contributed by atoms with Crippen LogP contribution in [-0.4, -0.2) is 12.6 Å². The Bertz CT molecular complexity index is 183. The van der Waals surface area contributed by atoms with E-state index in [9.17, 15) is 4.79 Å². The third-order valence-electron chi connectivity index (χ3n) is 2.24. The molecule has 14 heavy (non-hydrogen) atoms. The van der Waals surface area contributed by atoms with Crippen LogP contribution in [0.15, 0.2) is 11.6 Å². The van der Waals surface area contributed by atoms with Crippen molar-refractivity contribution >= 4 is 5.97 Å². The molecule has 0 aliphatic rings. The number of unbranched alkanes of at least 4 members (excludes halogenated alkanes) is 4. The summed E-state index contributed by atoms with van der Waals surface area (Å²) < 4.78 is 5.07. The molecule has 0 spiro atoms. The van der Waals surface area contributed by atoms with Gasteiger partial charge in [0.25, 0.3) is 0 Å². The van der Waals surface area contributed by atoms with Crippen LogP contribution in [0.2, 0.25) is 0 Å². The molecule has 0 radical (unpaired) electrons. The Labute approximate surface area is 87.3 Å². The van der Waals surface area contributed by atoms with E-state index >= 15 is 0 Å². The fourth-order valence-electron chi connectivity index (χ4n) is 1.10. The summed E-state index contributed by atoms with van der Waals surface area (Å²) in [4.78, 5) is 11.2. The molecular formula is C12H22O2. The largest absolute Gasteiger partial charge is 0.462 e. The molecule has 0 atom stereocenters. The molecule has 2 heteroatoms. The van der Waals surface area contributed by atoms with Crippen molar-refractivity contribution in [3.05, 3.63) is 11.6 Å². The molecule has 82 valence electrons. The highest BCUT2D eigenvalue weighted by atomic mass is 16.5. The summed E-state index contributed by atoms with van der Waals surface area (Å²) in [5, 5.41) is 0. The van der Waals surface area contributed by atoms with Gasteiger partial charge >= 0.3 is 5.97 Å². The molecular weight excluding hydrogens is 176 g/mol. The summed E-state index contributed by atoms with van der Waals surface area (Å²) >= 11 is 0. The third-order valence-corrected chi connectivity index (χ3v) is 2.24. The van der Waals surface area contributed by atoms with Gasteiger partial charge in [-0.05, 0) is 20.3 Å². The van der Waals surface area contributed by atoms with Gasteiger partial charge in [-0.1, -0.05) is 38.7 Å². The zero-order chi connectivity index (χ0) is 10.8. The van der Waals surface area contributed by atoms with Crippen molar-refractivity contribution in [1.82, 2.24) is 0 Å². The topological polar surface area (TPSA) is 26.3 Å². The fourth-order valence-corrected chi connectivity index (χ4v) is 1.10. The molecule has 0 unspecified atom stereocenters. The molecule has 0 N–H and O–H groups in total. The zero-order valence-electron chi connectivity index (χ0n) is 9.64. The number of hydrogen-bond donors (Lipinski definition) is 0. The van der Waals surface area contributed by atoms with E-state index in [0.717, 1.165) is 12.8 Å². The molecule has 0 amide bonds. The van der Waals surface area contributed by atoms with E-state index in [0.29, 0.717) is 12.2 Å². The molecule has 0 aromatic rings. The number of ether oxygens (including phenoxy) is 1. The molecule has 0 saturated carbocycles. The Kier molecular flexibility index (Phi) is 8.30. The quantitative estimate of drug-likeness (QED) is 0.356. The summed E-state index contributed by atoms with van der Waals surface area (Å²) in [5.74, 6) is -0.178. The lowest BCUT2D eigenvalue weighted by Gasteiger charge is -2.04. The zero-order valence-corrected chi connectivity index (χ0v) is 9.64. The van der Waals surface area contributed by atoms with Crippen molar-refractivity contribution in [2.75, 3.05) is 6.61 Å². The minimum atomic E-state index is -0.178. The summed E-state index contributed by atoms with van der Waals surface area (Å²) in [7, 11) is 0. The lowest BCUT2D eigenvalue weighted by Crippen LogP contribution is -2.06. The maximum atomic E-state index is 11.2. The van der Waals surface area contributed by atoms with Crippen molar-refractivity contribution in [3.8, 4) is 0 Å². The highest BCUT2D eigenvalue weighted by Gasteiger charge is 2.02. The van der Waals surface area contributed by atoms with Gasteiger partial charge in [0, 0.05) is 5.57 Å². The van der Waals surface area contributed by atoms with E-state index in [1.54, 1.807) is 13.0 Å². The van der Waals surface area contributed by atoms with Gasteiger partial charge in [-0.15, -0.1) is 0 Å². The average molecular weight is 198 g/mol. The molecule has 0 bridgehead atoms. The number of allylic oxidation sites excluding steroid dienone is 1. The van der Waals surface area contributed by atoms with Crippen molar-refractivity contribution in [1.29, 1.82) is 0 Å². The lowest BCUT2D eigenvalue weighted by molar-refractivity contribution is -0.139. The van der Waals surface area contributed by atoms with E-state index < -0.39 is 0 Å². The molecule has 0 saturated heterocycles. The SMILES string of the molecule is C/C=C(/C)C(=O)OCCCCCCC. The maximum Gasteiger partial charge on any atom is 0.333 e. The first kappa shape index (κ1) is 13.2. The Morgan fingerprint density at radius 1 is 1.21 bits per heavy atom. The van der Waals surface area contributed by atoms with Gasteiger partial charge in [0.15, 0.2) is 0 Å². The average Bonchev–Trinajstić information content (AvgIpc) is 2.21. The second-order valence-electron chi connectivity index (χ2n) is 3.52. The van der Waals surface area contributed by atoms with Crippen LogP contribution in [0.4, 0.5) is 0 Å². The number of carbonyl (C=O) groups is 1. The van der Waals surface area contributed by atoms with Gasteiger partial charge in [-0.25, -0.2) is 4.79 Å². The summed E-state index contributed by atoms with van der Waals surface area (Å²) in [6, 6.07) is 0. The molecule has 0 rings (SSSR count). The van der Waals surface area contributed by atoms with Crippen LogP contribution in [-0.2, 0) is 9.53 Å². The Hall–Kier alpha value is -0.790. The normalized spacial score (nSPS) is 11.5. The first-order valence-corrected chi connectivity index (χ1v) is 5.52. The lowest BCUT2D eigenvalue weighted by atomic mass is 10.2. The molecule has 0 aliphatic carbocycles. The van der Waals surface area contributed by atoms with Crippen LogP contribution in [0.1, 0.15) is 52.9 Å². The second kappa shape index (κ2) is 8.79. The standard InChI is InChI=1S/C12H22O2/c1-4-6-7-8-9-10-14-12(13)11(3)5-2/h5H,4,6-10H2,1-3H3/b11-5-. The summed E-state index contributed by atoms with van der Waals surface area (Å²) in [6.07, 6.45) is 7.70. The molecule has 0 aromatic heterocycles. The predicted octanol–water partition coefficient (Wildman–Crippen LogP) is 3.47. The van der Waals surface area contributed by atoms with Crippen molar-refractivity contribution in [2.24, 2.45) is 0 Å². The van der Waals surface area contributed by atoms with Gasteiger partial charge in [-0.3, -0.25) is 0 Å². The molecule has 0 heterocycles. The first-order chi connectivity index (χ1) is 6.72. The van der Waals surface area contributed by atoms with Crippen LogP contribution < -0.4 is 0 Å². The maximum absolute atomic E-state index is 11.2. The summed E-state index contributed by atoms with van der Waals surface area (Å²) in [5.41, 5.74) is 0.693. The monoisotopic (exact) mass is 198 g/mol. The van der Waals surface area contributed by atoms with Crippen molar-refractivity contribution < 1.29 is 9.53 Å². The molecule has 0 aromatic carbocycles. The van der Waals surface area contributed by atoms with E-state index in [-0.39, 0.29) is 5.97 Å². The van der Waals surface area contributed by atoms with E-state index in [1.165, 1.54) is 19.3 Å². The van der Waals surface area contributed by atoms with E-state index in [1.807, 2.05) is 6.92 Å². The predicted molar refractivity (Wildman–Crippen MR) is 59.1 cm³/mol. The minimum absolute atomic E-state index is 0.178. The highest BCUT2D eigenvalue weighted by Crippen LogP contribution is 2.03. The molecule has 0 aliphatic heterocycles. The van der Waals surface area contributed by atoms with Gasteiger partial charge < -0.3 is 4.74 Å². The van der Waals surface area contributed by atoms with Crippen LogP contribution in [0.5, 0.6) is 0 Å².